The highest BCUT2D eigenvalue weighted by molar-refractivity contribution is 5.85. The van der Waals surface area contributed by atoms with E-state index in [1.807, 2.05) is 66.7 Å². The summed E-state index contributed by atoms with van der Waals surface area (Å²) < 4.78 is 10.7. The van der Waals surface area contributed by atoms with Crippen LogP contribution >= 0.6 is 0 Å². The molecule has 3 N–H and O–H groups in total. The van der Waals surface area contributed by atoms with E-state index in [2.05, 4.69) is 16.0 Å². The molecule has 1 aromatic rings. The number of ether oxygens (including phenoxy) is 2. The number of hydrogen-bond acceptors (Lipinski definition) is 5. The molecule has 0 bridgehead atoms. The fourth-order valence-corrected chi connectivity index (χ4v) is 3.68. The first-order chi connectivity index (χ1) is 15.8. The lowest BCUT2D eigenvalue weighted by molar-refractivity contribution is 0.0262. The number of fused-ring (bicyclic) bond motifs is 1. The van der Waals surface area contributed by atoms with Crippen molar-refractivity contribution in [1.29, 1.82) is 0 Å². The number of rotatable bonds is 6. The maximum Gasteiger partial charge on any atom is 0.412 e. The van der Waals surface area contributed by atoms with Crippen LogP contribution < -0.4 is 16.0 Å². The van der Waals surface area contributed by atoms with Crippen molar-refractivity contribution in [2.75, 3.05) is 25.0 Å². The first-order valence-corrected chi connectivity index (χ1v) is 11.9. The van der Waals surface area contributed by atoms with Crippen LogP contribution in [0, 0.1) is 0 Å². The molecule has 0 spiro atoms. The summed E-state index contributed by atoms with van der Waals surface area (Å²) in [7, 11) is 0. The Balaban J connectivity index is 1.89. The molecule has 1 unspecified atom stereocenters. The van der Waals surface area contributed by atoms with Crippen LogP contribution in [0.2, 0.25) is 0 Å². The van der Waals surface area contributed by atoms with E-state index < -0.39 is 23.4 Å². The predicted molar refractivity (Wildman–Crippen MR) is 132 cm³/mol. The van der Waals surface area contributed by atoms with E-state index in [-0.39, 0.29) is 12.1 Å². The van der Waals surface area contributed by atoms with Gasteiger partial charge in [0.1, 0.15) is 11.2 Å². The molecule has 0 heterocycles. The monoisotopic (exact) mass is 476 g/mol. The van der Waals surface area contributed by atoms with E-state index in [9.17, 15) is 14.4 Å². The molecule has 1 aromatic carbocycles. The SMILES string of the molecule is CCN(CCNC(=O)NC1CCCc2cc(NC(=O)OC(C)(C)C)ccc21)C(=O)OC(C)(C)C. The molecule has 0 saturated heterocycles. The number of nitrogens with one attached hydrogen (secondary N) is 3. The Hall–Kier alpha value is -2.97. The van der Waals surface area contributed by atoms with Gasteiger partial charge in [-0.25, -0.2) is 14.4 Å². The first kappa shape index (κ1) is 27.3. The zero-order valence-corrected chi connectivity index (χ0v) is 21.5. The van der Waals surface area contributed by atoms with Gasteiger partial charge < -0.3 is 25.0 Å². The number of carbonyl (C=O) groups excluding carboxylic acids is 3. The Morgan fingerprint density at radius 2 is 1.74 bits per heavy atom. The number of likely N-dealkylation sites (N-methyl/N-ethyl adjacent to an activating group) is 1. The third-order valence-electron chi connectivity index (χ3n) is 5.11. The Bertz CT molecular complexity index is 873. The normalized spacial score (nSPS) is 15.6. The molecule has 190 valence electrons. The molecule has 4 amide bonds. The molecular formula is C25H40N4O5. The maximum absolute atomic E-state index is 12.5. The summed E-state index contributed by atoms with van der Waals surface area (Å²) in [5.41, 5.74) is 1.67. The zero-order valence-electron chi connectivity index (χ0n) is 21.5. The van der Waals surface area contributed by atoms with Crippen LogP contribution in [0.4, 0.5) is 20.1 Å². The van der Waals surface area contributed by atoms with Crippen LogP contribution in [0.1, 0.15) is 78.5 Å². The van der Waals surface area contributed by atoms with Gasteiger partial charge in [0.25, 0.3) is 0 Å². The van der Waals surface area contributed by atoms with Gasteiger partial charge in [0.15, 0.2) is 0 Å². The Labute approximate surface area is 202 Å². The molecule has 1 atom stereocenters. The van der Waals surface area contributed by atoms with E-state index in [4.69, 9.17) is 9.47 Å². The van der Waals surface area contributed by atoms with Crippen LogP contribution in [0.15, 0.2) is 18.2 Å². The standard InChI is InChI=1S/C25H40N4O5/c1-8-29(23(32)34-25(5,6)7)15-14-26-21(30)28-20-11-9-10-17-16-18(12-13-19(17)20)27-22(31)33-24(2,3)4/h12-13,16,20H,8-11,14-15H2,1-7H3,(H,27,31)(H2,26,28,30). The van der Waals surface area contributed by atoms with E-state index in [0.29, 0.717) is 25.3 Å². The van der Waals surface area contributed by atoms with E-state index in [1.54, 1.807) is 4.90 Å². The molecule has 0 aliphatic heterocycles. The van der Waals surface area contributed by atoms with Crippen LogP contribution in [0.5, 0.6) is 0 Å². The highest BCUT2D eigenvalue weighted by Gasteiger charge is 2.24. The summed E-state index contributed by atoms with van der Waals surface area (Å²) >= 11 is 0. The Kier molecular flexibility index (Phi) is 9.18. The average Bonchev–Trinajstić information content (AvgIpc) is 2.68. The average molecular weight is 477 g/mol. The highest BCUT2D eigenvalue weighted by Crippen LogP contribution is 2.31. The van der Waals surface area contributed by atoms with Crippen LogP contribution in [0.25, 0.3) is 0 Å². The summed E-state index contributed by atoms with van der Waals surface area (Å²) in [4.78, 5) is 38.3. The number of benzene rings is 1. The van der Waals surface area contributed by atoms with Gasteiger partial charge in [-0.1, -0.05) is 6.07 Å². The van der Waals surface area contributed by atoms with Crippen molar-refractivity contribution in [3.05, 3.63) is 29.3 Å². The fourth-order valence-electron chi connectivity index (χ4n) is 3.68. The molecule has 1 aliphatic rings. The van der Waals surface area contributed by atoms with E-state index in [1.165, 1.54) is 0 Å². The van der Waals surface area contributed by atoms with Crippen molar-refractivity contribution in [1.82, 2.24) is 15.5 Å². The molecule has 0 saturated carbocycles. The molecule has 9 heteroatoms. The fraction of sp³-hybridized carbons (Fsp3) is 0.640. The van der Waals surface area contributed by atoms with Gasteiger partial charge in [-0.3, -0.25) is 5.32 Å². The number of hydrogen-bond donors (Lipinski definition) is 3. The van der Waals surface area contributed by atoms with Gasteiger partial charge in [-0.2, -0.15) is 0 Å². The molecule has 2 rings (SSSR count). The second-order valence-corrected chi connectivity index (χ2v) is 10.4. The van der Waals surface area contributed by atoms with Crippen LogP contribution in [-0.4, -0.2) is 54.0 Å². The van der Waals surface area contributed by atoms with Crippen molar-refractivity contribution < 1.29 is 23.9 Å². The number of nitrogens with zero attached hydrogens (tertiary/aromatic N) is 1. The summed E-state index contributed by atoms with van der Waals surface area (Å²) in [5.74, 6) is 0. The van der Waals surface area contributed by atoms with Crippen molar-refractivity contribution in [2.45, 2.75) is 85.0 Å². The van der Waals surface area contributed by atoms with Gasteiger partial charge in [-0.15, -0.1) is 0 Å². The summed E-state index contributed by atoms with van der Waals surface area (Å²) in [6.45, 7) is 14.0. The maximum atomic E-state index is 12.5. The molecule has 1 aliphatic carbocycles. The van der Waals surface area contributed by atoms with Crippen molar-refractivity contribution in [3.63, 3.8) is 0 Å². The molecular weight excluding hydrogens is 436 g/mol. The molecule has 0 radical (unpaired) electrons. The second-order valence-electron chi connectivity index (χ2n) is 10.4. The quantitative estimate of drug-likeness (QED) is 0.537. The molecule has 0 aromatic heterocycles. The minimum atomic E-state index is -0.568. The van der Waals surface area contributed by atoms with Crippen LogP contribution in [0.3, 0.4) is 0 Å². The first-order valence-electron chi connectivity index (χ1n) is 11.9. The lowest BCUT2D eigenvalue weighted by atomic mass is 9.87. The molecule has 0 fully saturated rings. The number of aryl methyl sites for hydroxylation is 1. The van der Waals surface area contributed by atoms with Gasteiger partial charge in [0.05, 0.1) is 6.04 Å². The summed E-state index contributed by atoms with van der Waals surface area (Å²) in [6.07, 6.45) is 1.74. The zero-order chi connectivity index (χ0) is 25.5. The van der Waals surface area contributed by atoms with Gasteiger partial charge >= 0.3 is 18.2 Å². The van der Waals surface area contributed by atoms with Gasteiger partial charge in [0.2, 0.25) is 0 Å². The predicted octanol–water partition coefficient (Wildman–Crippen LogP) is 4.97. The van der Waals surface area contributed by atoms with Gasteiger partial charge in [0, 0.05) is 25.3 Å². The molecule has 34 heavy (non-hydrogen) atoms. The lowest BCUT2D eigenvalue weighted by Crippen LogP contribution is -2.44. The van der Waals surface area contributed by atoms with Crippen LogP contribution in [-0.2, 0) is 15.9 Å². The van der Waals surface area contributed by atoms with E-state index in [0.717, 1.165) is 30.4 Å². The van der Waals surface area contributed by atoms with Crippen molar-refractivity contribution in [3.8, 4) is 0 Å². The number of urea groups is 1. The Morgan fingerprint density at radius 3 is 2.35 bits per heavy atom. The lowest BCUT2D eigenvalue weighted by Gasteiger charge is -2.28. The number of anilines is 1. The van der Waals surface area contributed by atoms with Gasteiger partial charge in [-0.05, 0) is 91.0 Å². The minimum Gasteiger partial charge on any atom is -0.444 e. The third kappa shape index (κ3) is 9.11. The van der Waals surface area contributed by atoms with Crippen molar-refractivity contribution in [2.24, 2.45) is 0 Å². The Morgan fingerprint density at radius 1 is 1.06 bits per heavy atom. The highest BCUT2D eigenvalue weighted by atomic mass is 16.6. The minimum absolute atomic E-state index is 0.118. The number of carbonyl (C=O) groups is 3. The van der Waals surface area contributed by atoms with Crippen molar-refractivity contribution >= 4 is 23.9 Å². The smallest absolute Gasteiger partial charge is 0.412 e. The molecule has 9 nitrogen and oxygen atoms in total. The largest absolute Gasteiger partial charge is 0.444 e. The third-order valence-corrected chi connectivity index (χ3v) is 5.11. The second kappa shape index (κ2) is 11.4. The topological polar surface area (TPSA) is 109 Å². The number of amides is 4. The summed E-state index contributed by atoms with van der Waals surface area (Å²) in [5, 5.41) is 8.63. The summed E-state index contributed by atoms with van der Waals surface area (Å²) in [6, 6.07) is 5.29. The van der Waals surface area contributed by atoms with E-state index >= 15 is 0 Å².